The molecule has 1 aliphatic rings. The largest absolute Gasteiger partial charge is 0.417 e. The molecule has 0 saturated heterocycles. The van der Waals surface area contributed by atoms with Crippen molar-refractivity contribution in [2.45, 2.75) is 36.6 Å². The molecule has 0 fully saturated rings. The van der Waals surface area contributed by atoms with Crippen LogP contribution in [0, 0.1) is 5.82 Å². The average Bonchev–Trinajstić information content (AvgIpc) is 2.82. The minimum absolute atomic E-state index is 0.00115. The van der Waals surface area contributed by atoms with Gasteiger partial charge in [-0.3, -0.25) is 4.79 Å². The molecule has 1 amide bonds. The highest BCUT2D eigenvalue weighted by atomic mass is 32.2. The van der Waals surface area contributed by atoms with E-state index in [1.54, 1.807) is 24.3 Å². The molecular formula is C24H20F4N2O3S. The van der Waals surface area contributed by atoms with Crippen molar-refractivity contribution in [3.63, 3.8) is 0 Å². The van der Waals surface area contributed by atoms with E-state index in [-0.39, 0.29) is 19.5 Å². The lowest BCUT2D eigenvalue weighted by molar-refractivity contribution is -0.139. The Morgan fingerprint density at radius 1 is 0.941 bits per heavy atom. The van der Waals surface area contributed by atoms with Gasteiger partial charge in [0.15, 0.2) is 0 Å². The maximum absolute atomic E-state index is 13.6. The van der Waals surface area contributed by atoms with Gasteiger partial charge in [0, 0.05) is 13.1 Å². The zero-order valence-corrected chi connectivity index (χ0v) is 18.5. The number of benzene rings is 3. The fraction of sp³-hybridized carbons (Fsp3) is 0.208. The first-order valence-electron chi connectivity index (χ1n) is 10.3. The molecule has 1 atom stereocenters. The first kappa shape index (κ1) is 23.9. The van der Waals surface area contributed by atoms with Crippen LogP contribution in [-0.2, 0) is 40.5 Å². The lowest BCUT2D eigenvalue weighted by atomic mass is 9.95. The zero-order chi connectivity index (χ0) is 24.5. The molecule has 0 aromatic heterocycles. The van der Waals surface area contributed by atoms with Gasteiger partial charge in [-0.05, 0) is 47.4 Å². The number of nitrogens with zero attached hydrogens (tertiary/aromatic N) is 1. The van der Waals surface area contributed by atoms with Crippen molar-refractivity contribution in [1.82, 2.24) is 9.62 Å². The van der Waals surface area contributed by atoms with Crippen LogP contribution in [0.1, 0.15) is 22.3 Å². The van der Waals surface area contributed by atoms with Crippen LogP contribution >= 0.6 is 0 Å². The summed E-state index contributed by atoms with van der Waals surface area (Å²) < 4.78 is 81.7. The third-order valence-electron chi connectivity index (χ3n) is 5.67. The van der Waals surface area contributed by atoms with Crippen LogP contribution < -0.4 is 5.32 Å². The molecular weight excluding hydrogens is 472 g/mol. The summed E-state index contributed by atoms with van der Waals surface area (Å²) in [5.41, 5.74) is 0.639. The second-order valence-corrected chi connectivity index (χ2v) is 9.74. The molecule has 1 heterocycles. The van der Waals surface area contributed by atoms with Crippen LogP contribution in [0.25, 0.3) is 0 Å². The van der Waals surface area contributed by atoms with Crippen molar-refractivity contribution in [2.75, 3.05) is 0 Å². The molecule has 0 radical (unpaired) electrons. The molecule has 0 spiro atoms. The quantitative estimate of drug-likeness (QED) is 0.541. The van der Waals surface area contributed by atoms with Crippen molar-refractivity contribution in [1.29, 1.82) is 0 Å². The topological polar surface area (TPSA) is 66.5 Å². The Kier molecular flexibility index (Phi) is 6.46. The Balaban J connectivity index is 1.70. The number of amides is 1. The van der Waals surface area contributed by atoms with Gasteiger partial charge in [0.2, 0.25) is 15.9 Å². The summed E-state index contributed by atoms with van der Waals surface area (Å²) in [6.07, 6.45) is -4.89. The van der Waals surface area contributed by atoms with Gasteiger partial charge < -0.3 is 5.32 Å². The maximum Gasteiger partial charge on any atom is 0.417 e. The number of carbonyl (C=O) groups is 1. The van der Waals surface area contributed by atoms with Crippen molar-refractivity contribution in [2.24, 2.45) is 0 Å². The van der Waals surface area contributed by atoms with Gasteiger partial charge >= 0.3 is 6.18 Å². The van der Waals surface area contributed by atoms with Crippen molar-refractivity contribution in [3.05, 3.63) is 101 Å². The third-order valence-corrected chi connectivity index (χ3v) is 7.58. The molecule has 34 heavy (non-hydrogen) atoms. The minimum Gasteiger partial charge on any atom is -0.351 e. The summed E-state index contributed by atoms with van der Waals surface area (Å²) in [6.45, 7) is -0.246. The molecule has 3 aromatic rings. The van der Waals surface area contributed by atoms with E-state index in [1.807, 2.05) is 0 Å². The highest BCUT2D eigenvalue weighted by Crippen LogP contribution is 2.37. The first-order valence-corrected chi connectivity index (χ1v) is 11.8. The summed E-state index contributed by atoms with van der Waals surface area (Å²) in [7, 11) is -4.70. The highest BCUT2D eigenvalue weighted by Gasteiger charge is 2.44. The molecule has 5 nitrogen and oxygen atoms in total. The van der Waals surface area contributed by atoms with Crippen molar-refractivity contribution < 1.29 is 30.8 Å². The second kappa shape index (κ2) is 9.19. The molecule has 3 aromatic carbocycles. The Morgan fingerprint density at radius 3 is 2.24 bits per heavy atom. The van der Waals surface area contributed by atoms with E-state index in [1.165, 1.54) is 30.3 Å². The van der Waals surface area contributed by atoms with Crippen molar-refractivity contribution in [3.8, 4) is 0 Å². The number of halogens is 4. The van der Waals surface area contributed by atoms with Gasteiger partial charge in [-0.25, -0.2) is 12.8 Å². The molecule has 0 aliphatic carbocycles. The molecule has 0 unspecified atom stereocenters. The Morgan fingerprint density at radius 2 is 1.56 bits per heavy atom. The predicted molar refractivity (Wildman–Crippen MR) is 116 cm³/mol. The number of fused-ring (bicyclic) bond motifs is 1. The molecule has 10 heteroatoms. The number of rotatable bonds is 5. The SMILES string of the molecule is O=C(NCc1ccc(F)cc1)[C@@H]1Cc2ccccc2CN1S(=O)(=O)c1ccccc1C(F)(F)F. The number of alkyl halides is 3. The molecule has 4 rings (SSSR count). The van der Waals surface area contributed by atoms with E-state index in [9.17, 15) is 30.8 Å². The fourth-order valence-electron chi connectivity index (χ4n) is 3.94. The summed E-state index contributed by atoms with van der Waals surface area (Å²) in [4.78, 5) is 12.2. The Bertz CT molecular complexity index is 1310. The van der Waals surface area contributed by atoms with Gasteiger partial charge in [-0.1, -0.05) is 48.5 Å². The number of sulfonamides is 1. The number of hydrogen-bond acceptors (Lipinski definition) is 3. The third kappa shape index (κ3) is 4.83. The standard InChI is InChI=1S/C24H20F4N2O3S/c25-19-11-9-16(10-12-19)14-29-23(31)21-13-17-5-1-2-6-18(17)15-30(21)34(32,33)22-8-4-3-7-20(22)24(26,27)28/h1-12,21H,13-15H2,(H,29,31)/t21-/m0/s1. The summed E-state index contributed by atoms with van der Waals surface area (Å²) in [6, 6.07) is 14.9. The Hall–Kier alpha value is -3.24. The minimum atomic E-state index is -4.89. The number of carbonyl (C=O) groups excluding carboxylic acids is 1. The van der Waals surface area contributed by atoms with E-state index >= 15 is 0 Å². The predicted octanol–water partition coefficient (Wildman–Crippen LogP) is 4.28. The number of hydrogen-bond donors (Lipinski definition) is 1. The summed E-state index contributed by atoms with van der Waals surface area (Å²) >= 11 is 0. The van der Waals surface area contributed by atoms with Gasteiger partial charge in [0.05, 0.1) is 10.5 Å². The van der Waals surface area contributed by atoms with Gasteiger partial charge in [-0.15, -0.1) is 0 Å². The lowest BCUT2D eigenvalue weighted by Crippen LogP contribution is -2.52. The first-order chi connectivity index (χ1) is 16.1. The summed E-state index contributed by atoms with van der Waals surface area (Å²) in [5, 5.41) is 2.63. The average molecular weight is 492 g/mol. The van der Waals surface area contributed by atoms with Crippen LogP contribution in [0.4, 0.5) is 17.6 Å². The van der Waals surface area contributed by atoms with E-state index in [0.29, 0.717) is 17.2 Å². The molecule has 1 N–H and O–H groups in total. The van der Waals surface area contributed by atoms with Crippen molar-refractivity contribution >= 4 is 15.9 Å². The zero-order valence-electron chi connectivity index (χ0n) is 17.7. The van der Waals surface area contributed by atoms with E-state index in [0.717, 1.165) is 22.0 Å². The van der Waals surface area contributed by atoms with E-state index in [4.69, 9.17) is 0 Å². The molecule has 178 valence electrons. The van der Waals surface area contributed by atoms with Gasteiger partial charge in [0.25, 0.3) is 0 Å². The fourth-order valence-corrected chi connectivity index (χ4v) is 5.72. The molecule has 0 bridgehead atoms. The smallest absolute Gasteiger partial charge is 0.351 e. The highest BCUT2D eigenvalue weighted by molar-refractivity contribution is 7.89. The normalized spacial score (nSPS) is 16.6. The van der Waals surface area contributed by atoms with E-state index in [2.05, 4.69) is 5.32 Å². The van der Waals surface area contributed by atoms with Gasteiger partial charge in [-0.2, -0.15) is 17.5 Å². The summed E-state index contributed by atoms with van der Waals surface area (Å²) in [5.74, 6) is -1.11. The van der Waals surface area contributed by atoms with Crippen LogP contribution in [-0.4, -0.2) is 24.7 Å². The van der Waals surface area contributed by atoms with Gasteiger partial charge in [0.1, 0.15) is 11.9 Å². The molecule has 1 aliphatic heterocycles. The van der Waals surface area contributed by atoms with Crippen LogP contribution in [0.15, 0.2) is 77.7 Å². The van der Waals surface area contributed by atoms with Crippen LogP contribution in [0.3, 0.4) is 0 Å². The second-order valence-electron chi connectivity index (χ2n) is 7.88. The number of nitrogens with one attached hydrogen (secondary N) is 1. The monoisotopic (exact) mass is 492 g/mol. The van der Waals surface area contributed by atoms with Crippen LogP contribution in [0.2, 0.25) is 0 Å². The van der Waals surface area contributed by atoms with Crippen LogP contribution in [0.5, 0.6) is 0 Å². The Labute approximate surface area is 194 Å². The van der Waals surface area contributed by atoms with E-state index < -0.39 is 44.4 Å². The lowest BCUT2D eigenvalue weighted by Gasteiger charge is -2.35. The molecule has 0 saturated carbocycles. The maximum atomic E-state index is 13.6.